The van der Waals surface area contributed by atoms with Gasteiger partial charge in [-0.15, -0.1) is 0 Å². The van der Waals surface area contributed by atoms with Gasteiger partial charge in [0.2, 0.25) is 11.8 Å². The first kappa shape index (κ1) is 26.6. The van der Waals surface area contributed by atoms with E-state index in [1.807, 2.05) is 0 Å². The third kappa shape index (κ3) is 7.06. The van der Waals surface area contributed by atoms with E-state index in [-0.39, 0.29) is 11.9 Å². The third-order valence-electron chi connectivity index (χ3n) is 8.90. The highest BCUT2D eigenvalue weighted by Crippen LogP contribution is 2.39. The number of rotatable bonds is 7. The van der Waals surface area contributed by atoms with Gasteiger partial charge < -0.3 is 26.2 Å². The van der Waals surface area contributed by atoms with E-state index in [0.717, 1.165) is 45.7 Å². The summed E-state index contributed by atoms with van der Waals surface area (Å²) in [6, 6.07) is -0.142. The van der Waals surface area contributed by atoms with Gasteiger partial charge in [-0.25, -0.2) is 0 Å². The largest absolute Gasteiger partial charge is 0.354 e. The summed E-state index contributed by atoms with van der Waals surface area (Å²) in [5.74, 6) is 2.05. The normalized spacial score (nSPS) is 32.9. The fourth-order valence-electron chi connectivity index (χ4n) is 6.59. The Morgan fingerprint density at radius 2 is 1.97 bits per heavy atom. The van der Waals surface area contributed by atoms with Gasteiger partial charge in [0.15, 0.2) is 0 Å². The number of hydrogen-bond acceptors (Lipinski definition) is 5. The summed E-state index contributed by atoms with van der Waals surface area (Å²) in [5, 5.41) is 12.3. The van der Waals surface area contributed by atoms with E-state index >= 15 is 0 Å². The summed E-state index contributed by atoms with van der Waals surface area (Å²) in [5.41, 5.74) is 1.32. The Morgan fingerprint density at radius 3 is 2.63 bits per heavy atom. The molecular weight excluding hydrogens is 440 g/mol. The highest BCUT2D eigenvalue weighted by atomic mass is 16.2. The number of hydrogen-bond donors (Lipinski definition) is 4. The molecule has 4 rings (SSSR count). The minimum absolute atomic E-state index is 0.0908. The highest BCUT2D eigenvalue weighted by molar-refractivity contribution is 5.82. The molecule has 5 atom stereocenters. The van der Waals surface area contributed by atoms with Crippen LogP contribution in [0.2, 0.25) is 0 Å². The van der Waals surface area contributed by atoms with Crippen molar-refractivity contribution in [1.29, 1.82) is 0 Å². The minimum atomic E-state index is -0.142. The number of carbonyl (C=O) groups is 2. The first-order chi connectivity index (χ1) is 16.9. The number of nitrogens with one attached hydrogen (secondary N) is 3. The molecule has 35 heavy (non-hydrogen) atoms. The molecule has 0 bridgehead atoms. The number of piperazine rings is 2. The SMILES string of the molecule is CC1=CC(CNC(=O)C2CNCCN2)C(C(C)C)CC1CC(=O)N1CCN(C2CCCC[NH2+]2)CC1. The summed E-state index contributed by atoms with van der Waals surface area (Å²) >= 11 is 0. The number of amides is 2. The average molecular weight is 490 g/mol. The van der Waals surface area contributed by atoms with E-state index in [2.05, 4.69) is 57.9 Å². The van der Waals surface area contributed by atoms with Crippen molar-refractivity contribution >= 4 is 11.8 Å². The van der Waals surface area contributed by atoms with E-state index in [1.165, 1.54) is 31.4 Å². The highest BCUT2D eigenvalue weighted by Gasteiger charge is 2.35. The number of allylic oxidation sites excluding steroid dienone is 1. The van der Waals surface area contributed by atoms with Crippen LogP contribution in [0.15, 0.2) is 11.6 Å². The topological polar surface area (TPSA) is 93.3 Å². The predicted molar refractivity (Wildman–Crippen MR) is 139 cm³/mol. The Bertz CT molecular complexity index is 736. The lowest BCUT2D eigenvalue weighted by Crippen LogP contribution is -2.95. The van der Waals surface area contributed by atoms with Crippen molar-refractivity contribution in [2.45, 2.75) is 65.1 Å². The molecule has 0 radical (unpaired) electrons. The zero-order chi connectivity index (χ0) is 24.8. The van der Waals surface area contributed by atoms with Crippen LogP contribution in [-0.2, 0) is 9.59 Å². The van der Waals surface area contributed by atoms with E-state index in [4.69, 9.17) is 0 Å². The first-order valence-corrected chi connectivity index (χ1v) is 14.2. The van der Waals surface area contributed by atoms with Gasteiger partial charge >= 0.3 is 0 Å². The Balaban J connectivity index is 1.28. The van der Waals surface area contributed by atoms with Gasteiger partial charge in [-0.2, -0.15) is 0 Å². The molecule has 1 aliphatic carbocycles. The van der Waals surface area contributed by atoms with Crippen LogP contribution < -0.4 is 21.3 Å². The summed E-state index contributed by atoms with van der Waals surface area (Å²) in [6.45, 7) is 14.9. The summed E-state index contributed by atoms with van der Waals surface area (Å²) < 4.78 is 0. The van der Waals surface area contributed by atoms with Gasteiger partial charge in [0.25, 0.3) is 0 Å². The van der Waals surface area contributed by atoms with Crippen LogP contribution >= 0.6 is 0 Å². The second-order valence-electron chi connectivity index (χ2n) is 11.6. The number of quaternary nitrogens is 1. The summed E-state index contributed by atoms with van der Waals surface area (Å²) in [6.07, 6.45) is 8.60. The molecule has 0 saturated carbocycles. The van der Waals surface area contributed by atoms with Crippen molar-refractivity contribution in [3.05, 3.63) is 11.6 Å². The van der Waals surface area contributed by atoms with Crippen LogP contribution in [0.25, 0.3) is 0 Å². The van der Waals surface area contributed by atoms with Crippen molar-refractivity contribution in [2.24, 2.45) is 23.7 Å². The smallest absolute Gasteiger partial charge is 0.238 e. The maximum absolute atomic E-state index is 13.2. The first-order valence-electron chi connectivity index (χ1n) is 14.2. The zero-order valence-electron chi connectivity index (χ0n) is 22.2. The van der Waals surface area contributed by atoms with E-state index in [0.29, 0.717) is 55.3 Å². The Morgan fingerprint density at radius 1 is 1.17 bits per heavy atom. The maximum atomic E-state index is 13.2. The van der Waals surface area contributed by atoms with Crippen molar-refractivity contribution in [1.82, 2.24) is 25.8 Å². The van der Waals surface area contributed by atoms with Gasteiger partial charge in [0.1, 0.15) is 6.17 Å². The molecule has 3 aliphatic heterocycles. The molecule has 8 nitrogen and oxygen atoms in total. The van der Waals surface area contributed by atoms with E-state index in [9.17, 15) is 9.59 Å². The van der Waals surface area contributed by atoms with Crippen LogP contribution in [0.3, 0.4) is 0 Å². The molecular formula is C27H49N6O2+. The van der Waals surface area contributed by atoms with E-state index < -0.39 is 0 Å². The van der Waals surface area contributed by atoms with Crippen LogP contribution in [0.4, 0.5) is 0 Å². The van der Waals surface area contributed by atoms with E-state index in [1.54, 1.807) is 0 Å². The number of carbonyl (C=O) groups excluding carboxylic acids is 2. The standard InChI is InChI=1S/C27H48N6O2/c1-19(2)23-15-21(20(3)14-22(23)17-31-27(35)24-18-28-8-9-29-24)16-26(34)33-12-10-32(11-13-33)25-6-4-5-7-30-25/h14,19,21-25,28-30H,4-13,15-18H2,1-3H3,(H,31,35)/p+1. The monoisotopic (exact) mass is 489 g/mol. The molecule has 0 aromatic carbocycles. The Kier molecular flexibility index (Phi) is 9.61. The second-order valence-corrected chi connectivity index (χ2v) is 11.6. The lowest BCUT2D eigenvalue weighted by Gasteiger charge is -2.40. The molecule has 8 heteroatoms. The fraction of sp³-hybridized carbons (Fsp3) is 0.852. The van der Waals surface area contributed by atoms with Crippen molar-refractivity contribution in [2.75, 3.05) is 58.9 Å². The lowest BCUT2D eigenvalue weighted by molar-refractivity contribution is -0.717. The third-order valence-corrected chi connectivity index (χ3v) is 8.90. The molecule has 3 fully saturated rings. The molecule has 0 aromatic heterocycles. The molecule has 2 amide bonds. The minimum Gasteiger partial charge on any atom is -0.354 e. The maximum Gasteiger partial charge on any atom is 0.238 e. The van der Waals surface area contributed by atoms with Crippen molar-refractivity contribution in [3.63, 3.8) is 0 Å². The molecule has 3 heterocycles. The lowest BCUT2D eigenvalue weighted by atomic mass is 9.69. The Labute approximate surface area is 212 Å². The predicted octanol–water partition coefficient (Wildman–Crippen LogP) is 0.126. The molecule has 0 aromatic rings. The quantitative estimate of drug-likeness (QED) is 0.382. The van der Waals surface area contributed by atoms with Crippen molar-refractivity contribution in [3.8, 4) is 0 Å². The molecule has 3 saturated heterocycles. The Hall–Kier alpha value is -1.48. The molecule has 198 valence electrons. The van der Waals surface area contributed by atoms with Gasteiger partial charge in [-0.1, -0.05) is 25.5 Å². The number of nitrogens with zero attached hydrogens (tertiary/aromatic N) is 2. The van der Waals surface area contributed by atoms with Gasteiger partial charge in [-0.3, -0.25) is 14.5 Å². The summed E-state index contributed by atoms with van der Waals surface area (Å²) in [7, 11) is 0. The second kappa shape index (κ2) is 12.7. The van der Waals surface area contributed by atoms with Gasteiger partial charge in [0.05, 0.1) is 12.6 Å². The molecule has 4 aliphatic rings. The zero-order valence-corrected chi connectivity index (χ0v) is 22.2. The molecule has 5 unspecified atom stereocenters. The van der Waals surface area contributed by atoms with Gasteiger partial charge in [-0.05, 0) is 49.9 Å². The van der Waals surface area contributed by atoms with Crippen molar-refractivity contribution < 1.29 is 14.9 Å². The fourth-order valence-corrected chi connectivity index (χ4v) is 6.59. The summed E-state index contributed by atoms with van der Waals surface area (Å²) in [4.78, 5) is 30.6. The van der Waals surface area contributed by atoms with Crippen LogP contribution in [-0.4, -0.2) is 92.7 Å². The van der Waals surface area contributed by atoms with Gasteiger partial charge in [0, 0.05) is 65.2 Å². The average Bonchev–Trinajstić information content (AvgIpc) is 2.89. The number of nitrogens with two attached hydrogens (primary N) is 1. The number of piperidine rings is 1. The molecule has 5 N–H and O–H groups in total. The van der Waals surface area contributed by atoms with Crippen LogP contribution in [0.1, 0.15) is 52.9 Å². The van der Waals surface area contributed by atoms with Crippen LogP contribution in [0.5, 0.6) is 0 Å². The molecule has 0 spiro atoms. The van der Waals surface area contributed by atoms with Crippen LogP contribution in [0, 0.1) is 23.7 Å².